The number of carbonyl (C=O) groups is 1. The first-order valence-electron chi connectivity index (χ1n) is 8.36. The molecular weight excluding hydrogens is 334 g/mol. The van der Waals surface area contributed by atoms with E-state index in [1.165, 1.54) is 6.07 Å². The molecule has 2 aromatic rings. The fourth-order valence-electron chi connectivity index (χ4n) is 2.61. The van der Waals surface area contributed by atoms with Crippen LogP contribution in [0.2, 0.25) is 0 Å². The van der Waals surface area contributed by atoms with Gasteiger partial charge in [-0.3, -0.25) is 14.9 Å². The summed E-state index contributed by atoms with van der Waals surface area (Å²) in [5, 5.41) is 14.0. The Hall–Kier alpha value is -3.09. The molecule has 2 aromatic carbocycles. The molecule has 0 unspecified atom stereocenters. The highest BCUT2D eigenvalue weighted by Crippen LogP contribution is 2.23. The molecule has 0 aliphatic rings. The number of nitrogens with one attached hydrogen (secondary N) is 1. The minimum Gasteiger partial charge on any atom is -0.496 e. The molecule has 0 aromatic heterocycles. The number of anilines is 1. The molecule has 0 heterocycles. The summed E-state index contributed by atoms with van der Waals surface area (Å²) < 4.78 is 5.30. The second-order valence-electron chi connectivity index (χ2n) is 5.87. The van der Waals surface area contributed by atoms with Crippen LogP contribution < -0.4 is 10.1 Å². The van der Waals surface area contributed by atoms with Gasteiger partial charge in [-0.1, -0.05) is 30.3 Å². The highest BCUT2D eigenvalue weighted by atomic mass is 16.6. The lowest BCUT2D eigenvalue weighted by Crippen LogP contribution is -2.26. The van der Waals surface area contributed by atoms with E-state index in [1.54, 1.807) is 37.3 Å². The molecule has 0 atom stereocenters. The Morgan fingerprint density at radius 1 is 1.19 bits per heavy atom. The minimum absolute atomic E-state index is 0.0141. The van der Waals surface area contributed by atoms with Crippen LogP contribution in [-0.4, -0.2) is 36.4 Å². The van der Waals surface area contributed by atoms with Crippen molar-refractivity contribution in [2.45, 2.75) is 19.4 Å². The number of nitrogens with zero attached hydrogens (tertiary/aromatic N) is 2. The van der Waals surface area contributed by atoms with Gasteiger partial charge in [0.1, 0.15) is 11.4 Å². The Morgan fingerprint density at radius 3 is 2.62 bits per heavy atom. The molecule has 0 aliphatic heterocycles. The van der Waals surface area contributed by atoms with Gasteiger partial charge in [0.25, 0.3) is 5.69 Å². The maximum Gasteiger partial charge on any atom is 0.292 e. The van der Waals surface area contributed by atoms with E-state index in [0.29, 0.717) is 31.6 Å². The fraction of sp³-hybridized carbons (Fsp3) is 0.316. The number of methoxy groups -OCH3 is 1. The third-order valence-electron chi connectivity index (χ3n) is 4.01. The lowest BCUT2D eigenvalue weighted by atomic mass is 10.2. The topological polar surface area (TPSA) is 84.7 Å². The van der Waals surface area contributed by atoms with Gasteiger partial charge >= 0.3 is 0 Å². The monoisotopic (exact) mass is 357 g/mol. The van der Waals surface area contributed by atoms with E-state index >= 15 is 0 Å². The maximum atomic E-state index is 12.3. The van der Waals surface area contributed by atoms with Crippen molar-refractivity contribution in [3.8, 4) is 5.75 Å². The zero-order valence-electron chi connectivity index (χ0n) is 15.0. The first kappa shape index (κ1) is 19.2. The van der Waals surface area contributed by atoms with Crippen LogP contribution in [0, 0.1) is 10.1 Å². The Balaban J connectivity index is 1.81. The van der Waals surface area contributed by atoms with Crippen molar-refractivity contribution in [2.75, 3.05) is 26.0 Å². The lowest BCUT2D eigenvalue weighted by Gasteiger charge is -2.19. The highest BCUT2D eigenvalue weighted by Gasteiger charge is 2.13. The van der Waals surface area contributed by atoms with Crippen molar-refractivity contribution in [3.63, 3.8) is 0 Å². The van der Waals surface area contributed by atoms with E-state index in [1.807, 2.05) is 24.3 Å². The summed E-state index contributed by atoms with van der Waals surface area (Å²) >= 11 is 0. The van der Waals surface area contributed by atoms with E-state index in [0.717, 1.165) is 11.3 Å². The van der Waals surface area contributed by atoms with Gasteiger partial charge in [0, 0.05) is 38.2 Å². The Morgan fingerprint density at radius 2 is 1.88 bits per heavy atom. The fourth-order valence-corrected chi connectivity index (χ4v) is 2.61. The first-order valence-corrected chi connectivity index (χ1v) is 8.36. The van der Waals surface area contributed by atoms with Gasteiger partial charge < -0.3 is 15.0 Å². The Kier molecular flexibility index (Phi) is 6.96. The molecule has 7 nitrogen and oxygen atoms in total. The van der Waals surface area contributed by atoms with E-state index in [2.05, 4.69) is 5.32 Å². The second-order valence-corrected chi connectivity index (χ2v) is 5.87. The van der Waals surface area contributed by atoms with Crippen LogP contribution in [0.3, 0.4) is 0 Å². The summed E-state index contributed by atoms with van der Waals surface area (Å²) in [4.78, 5) is 24.5. The van der Waals surface area contributed by atoms with Crippen molar-refractivity contribution >= 4 is 17.3 Å². The van der Waals surface area contributed by atoms with Crippen LogP contribution in [-0.2, 0) is 11.3 Å². The molecule has 0 bridgehead atoms. The van der Waals surface area contributed by atoms with Gasteiger partial charge in [0.15, 0.2) is 0 Å². The number of hydrogen-bond donors (Lipinski definition) is 1. The molecule has 0 aliphatic carbocycles. The number of benzene rings is 2. The predicted molar refractivity (Wildman–Crippen MR) is 100 cm³/mol. The quantitative estimate of drug-likeness (QED) is 0.422. The SMILES string of the molecule is COc1ccccc1CN(C)C(=O)CCCNc1ccccc1[N+](=O)[O-]. The molecule has 1 amide bonds. The molecule has 7 heteroatoms. The van der Waals surface area contributed by atoms with E-state index in [-0.39, 0.29) is 11.6 Å². The zero-order valence-corrected chi connectivity index (χ0v) is 15.0. The predicted octanol–water partition coefficient (Wildman–Crippen LogP) is 3.45. The average Bonchev–Trinajstić information content (AvgIpc) is 2.65. The minimum atomic E-state index is -0.422. The molecular formula is C19H23N3O4. The van der Waals surface area contributed by atoms with Crippen LogP contribution in [0.1, 0.15) is 18.4 Å². The first-order chi connectivity index (χ1) is 12.5. The summed E-state index contributed by atoms with van der Waals surface area (Å²) in [7, 11) is 3.36. The second kappa shape index (κ2) is 9.41. The standard InChI is InChI=1S/C19H23N3O4/c1-21(14-15-8-3-6-11-18(15)26-2)19(23)12-7-13-20-16-9-4-5-10-17(16)22(24)25/h3-6,8-11,20H,7,12-14H2,1-2H3. The van der Waals surface area contributed by atoms with Crippen molar-refractivity contribution in [2.24, 2.45) is 0 Å². The van der Waals surface area contributed by atoms with Crippen LogP contribution in [0.15, 0.2) is 48.5 Å². The van der Waals surface area contributed by atoms with Gasteiger partial charge in [0.05, 0.1) is 12.0 Å². The van der Waals surface area contributed by atoms with Crippen molar-refractivity contribution < 1.29 is 14.5 Å². The summed E-state index contributed by atoms with van der Waals surface area (Å²) in [5.74, 6) is 0.769. The third kappa shape index (κ3) is 5.20. The van der Waals surface area contributed by atoms with Crippen LogP contribution >= 0.6 is 0 Å². The molecule has 26 heavy (non-hydrogen) atoms. The molecule has 1 N–H and O–H groups in total. The van der Waals surface area contributed by atoms with Gasteiger partial charge in [-0.25, -0.2) is 0 Å². The molecule has 0 saturated carbocycles. The maximum absolute atomic E-state index is 12.3. The Bertz CT molecular complexity index is 764. The number of nitro groups is 1. The normalized spacial score (nSPS) is 10.2. The largest absolute Gasteiger partial charge is 0.496 e. The van der Waals surface area contributed by atoms with Crippen LogP contribution in [0.5, 0.6) is 5.75 Å². The molecule has 0 fully saturated rings. The van der Waals surface area contributed by atoms with E-state index in [4.69, 9.17) is 4.74 Å². The highest BCUT2D eigenvalue weighted by molar-refractivity contribution is 5.76. The molecule has 138 valence electrons. The van der Waals surface area contributed by atoms with E-state index < -0.39 is 4.92 Å². The number of nitro benzene ring substituents is 1. The molecule has 2 rings (SSSR count). The summed E-state index contributed by atoms with van der Waals surface area (Å²) in [6, 6.07) is 14.1. The zero-order chi connectivity index (χ0) is 18.9. The van der Waals surface area contributed by atoms with Gasteiger partial charge in [-0.05, 0) is 18.6 Å². The number of amides is 1. The number of para-hydroxylation sites is 3. The van der Waals surface area contributed by atoms with Crippen molar-refractivity contribution in [3.05, 3.63) is 64.2 Å². The average molecular weight is 357 g/mol. The summed E-state index contributed by atoms with van der Waals surface area (Å²) in [6.07, 6.45) is 0.945. The van der Waals surface area contributed by atoms with Crippen LogP contribution in [0.4, 0.5) is 11.4 Å². The van der Waals surface area contributed by atoms with E-state index in [9.17, 15) is 14.9 Å². The van der Waals surface area contributed by atoms with Gasteiger partial charge in [-0.15, -0.1) is 0 Å². The van der Waals surface area contributed by atoms with Gasteiger partial charge in [-0.2, -0.15) is 0 Å². The number of rotatable bonds is 9. The lowest BCUT2D eigenvalue weighted by molar-refractivity contribution is -0.384. The van der Waals surface area contributed by atoms with Gasteiger partial charge in [0.2, 0.25) is 5.91 Å². The summed E-state index contributed by atoms with van der Waals surface area (Å²) in [6.45, 7) is 0.958. The molecule has 0 saturated heterocycles. The summed E-state index contributed by atoms with van der Waals surface area (Å²) in [5.41, 5.74) is 1.45. The van der Waals surface area contributed by atoms with Crippen molar-refractivity contribution in [1.82, 2.24) is 4.90 Å². The number of hydrogen-bond acceptors (Lipinski definition) is 5. The number of carbonyl (C=O) groups excluding carboxylic acids is 1. The Labute approximate surface area is 152 Å². The van der Waals surface area contributed by atoms with Crippen LogP contribution in [0.25, 0.3) is 0 Å². The molecule has 0 radical (unpaired) electrons. The smallest absolute Gasteiger partial charge is 0.292 e. The van der Waals surface area contributed by atoms with Crippen molar-refractivity contribution in [1.29, 1.82) is 0 Å². The number of ether oxygens (including phenoxy) is 1. The molecule has 0 spiro atoms. The third-order valence-corrected chi connectivity index (χ3v) is 4.01.